The van der Waals surface area contributed by atoms with Gasteiger partial charge in [-0.15, -0.1) is 0 Å². The van der Waals surface area contributed by atoms with Gasteiger partial charge in [0.25, 0.3) is 0 Å². The Hall–Kier alpha value is -1.35. The standard InChI is InChI=1S/C16H22N2O/c1-11-7-14(10-17-9-11)16(19)18-15-6-5-12-3-2-4-13(12)8-15/h5-6,8,11,14,17H,2-4,7,9-10H2,1H3,(H,18,19). The molecule has 102 valence electrons. The lowest BCUT2D eigenvalue weighted by Gasteiger charge is -2.26. The third kappa shape index (κ3) is 2.81. The second-order valence-electron chi connectivity index (χ2n) is 6.02. The quantitative estimate of drug-likeness (QED) is 0.855. The van der Waals surface area contributed by atoms with Gasteiger partial charge in [0.2, 0.25) is 5.91 Å². The van der Waals surface area contributed by atoms with E-state index < -0.39 is 0 Å². The fourth-order valence-corrected chi connectivity index (χ4v) is 3.25. The summed E-state index contributed by atoms with van der Waals surface area (Å²) in [6.45, 7) is 4.03. The zero-order valence-corrected chi connectivity index (χ0v) is 11.5. The van der Waals surface area contributed by atoms with Crippen molar-refractivity contribution in [1.82, 2.24) is 5.32 Å². The van der Waals surface area contributed by atoms with Crippen LogP contribution >= 0.6 is 0 Å². The van der Waals surface area contributed by atoms with Crippen LogP contribution in [0.1, 0.15) is 30.9 Å². The number of aryl methyl sites for hydroxylation is 2. The molecule has 1 saturated heterocycles. The molecule has 2 N–H and O–H groups in total. The summed E-state index contributed by atoms with van der Waals surface area (Å²) in [6.07, 6.45) is 4.58. The van der Waals surface area contributed by atoms with Crippen molar-refractivity contribution in [2.75, 3.05) is 18.4 Å². The van der Waals surface area contributed by atoms with Gasteiger partial charge in [-0.2, -0.15) is 0 Å². The number of carbonyl (C=O) groups is 1. The number of hydrogen-bond acceptors (Lipinski definition) is 2. The minimum absolute atomic E-state index is 0.108. The van der Waals surface area contributed by atoms with Crippen LogP contribution in [0.15, 0.2) is 18.2 Å². The predicted octanol–water partition coefficient (Wildman–Crippen LogP) is 2.36. The molecule has 0 aromatic heterocycles. The van der Waals surface area contributed by atoms with E-state index in [0.717, 1.165) is 31.6 Å². The molecule has 0 saturated carbocycles. The Balaban J connectivity index is 1.66. The van der Waals surface area contributed by atoms with Crippen LogP contribution in [0.3, 0.4) is 0 Å². The van der Waals surface area contributed by atoms with Crippen LogP contribution in [-0.2, 0) is 17.6 Å². The van der Waals surface area contributed by atoms with Gasteiger partial charge in [0, 0.05) is 12.2 Å². The van der Waals surface area contributed by atoms with Crippen molar-refractivity contribution >= 4 is 11.6 Å². The summed E-state index contributed by atoms with van der Waals surface area (Å²) in [5.41, 5.74) is 3.82. The van der Waals surface area contributed by atoms with Crippen molar-refractivity contribution in [3.05, 3.63) is 29.3 Å². The summed E-state index contributed by atoms with van der Waals surface area (Å²) in [5, 5.41) is 6.42. The minimum Gasteiger partial charge on any atom is -0.326 e. The highest BCUT2D eigenvalue weighted by atomic mass is 16.1. The number of hydrogen-bond donors (Lipinski definition) is 2. The zero-order chi connectivity index (χ0) is 13.2. The molecule has 1 aliphatic carbocycles. The van der Waals surface area contributed by atoms with Crippen LogP contribution in [0.4, 0.5) is 5.69 Å². The summed E-state index contributed by atoms with van der Waals surface area (Å²) in [7, 11) is 0. The molecule has 3 rings (SSSR count). The maximum atomic E-state index is 12.3. The molecule has 0 radical (unpaired) electrons. The van der Waals surface area contributed by atoms with Gasteiger partial charge in [-0.1, -0.05) is 13.0 Å². The summed E-state index contributed by atoms with van der Waals surface area (Å²) >= 11 is 0. The minimum atomic E-state index is 0.108. The van der Waals surface area contributed by atoms with E-state index in [4.69, 9.17) is 0 Å². The van der Waals surface area contributed by atoms with E-state index in [9.17, 15) is 4.79 Å². The monoisotopic (exact) mass is 258 g/mol. The van der Waals surface area contributed by atoms with Crippen molar-refractivity contribution in [2.24, 2.45) is 11.8 Å². The highest BCUT2D eigenvalue weighted by molar-refractivity contribution is 5.92. The molecule has 2 aliphatic rings. The van der Waals surface area contributed by atoms with Crippen molar-refractivity contribution in [1.29, 1.82) is 0 Å². The first-order valence-corrected chi connectivity index (χ1v) is 7.36. The van der Waals surface area contributed by atoms with Crippen molar-refractivity contribution < 1.29 is 4.79 Å². The molecular weight excluding hydrogens is 236 g/mol. The maximum absolute atomic E-state index is 12.3. The predicted molar refractivity (Wildman–Crippen MR) is 77.2 cm³/mol. The zero-order valence-electron chi connectivity index (χ0n) is 11.5. The molecule has 3 nitrogen and oxygen atoms in total. The summed E-state index contributed by atoms with van der Waals surface area (Å²) in [4.78, 5) is 12.3. The maximum Gasteiger partial charge on any atom is 0.228 e. The van der Waals surface area contributed by atoms with Crippen LogP contribution in [0.2, 0.25) is 0 Å². The first kappa shape index (κ1) is 12.7. The summed E-state index contributed by atoms with van der Waals surface area (Å²) < 4.78 is 0. The SMILES string of the molecule is CC1CNCC(C(=O)Nc2ccc3c(c2)CCC3)C1. The number of piperidine rings is 1. The van der Waals surface area contributed by atoms with E-state index in [1.54, 1.807) is 0 Å². The number of amides is 1. The Labute approximate surface area is 114 Å². The number of fused-ring (bicyclic) bond motifs is 1. The van der Waals surface area contributed by atoms with E-state index in [1.807, 2.05) is 6.07 Å². The summed E-state index contributed by atoms with van der Waals surface area (Å²) in [6, 6.07) is 6.36. The first-order chi connectivity index (χ1) is 9.22. The number of carbonyl (C=O) groups excluding carboxylic acids is 1. The number of anilines is 1. The first-order valence-electron chi connectivity index (χ1n) is 7.36. The fraction of sp³-hybridized carbons (Fsp3) is 0.562. The molecule has 2 unspecified atom stereocenters. The van der Waals surface area contributed by atoms with E-state index >= 15 is 0 Å². The topological polar surface area (TPSA) is 41.1 Å². The molecule has 0 spiro atoms. The Morgan fingerprint density at radius 3 is 2.95 bits per heavy atom. The van der Waals surface area contributed by atoms with Crippen LogP contribution in [0.5, 0.6) is 0 Å². The van der Waals surface area contributed by atoms with Gasteiger partial charge in [0.15, 0.2) is 0 Å². The Morgan fingerprint density at radius 1 is 1.26 bits per heavy atom. The molecule has 0 bridgehead atoms. The molecule has 1 aromatic rings. The molecule has 2 atom stereocenters. The molecule has 1 aromatic carbocycles. The van der Waals surface area contributed by atoms with Gasteiger partial charge < -0.3 is 10.6 Å². The number of rotatable bonds is 2. The van der Waals surface area contributed by atoms with Crippen LogP contribution < -0.4 is 10.6 Å². The fourth-order valence-electron chi connectivity index (χ4n) is 3.25. The largest absolute Gasteiger partial charge is 0.326 e. The lowest BCUT2D eigenvalue weighted by Crippen LogP contribution is -2.40. The van der Waals surface area contributed by atoms with E-state index in [2.05, 4.69) is 29.7 Å². The Bertz CT molecular complexity index is 484. The van der Waals surface area contributed by atoms with Gasteiger partial charge in [-0.05, 0) is 61.4 Å². The highest BCUT2D eigenvalue weighted by Crippen LogP contribution is 2.25. The van der Waals surface area contributed by atoms with Gasteiger partial charge in [0.1, 0.15) is 0 Å². The lowest BCUT2D eigenvalue weighted by molar-refractivity contribution is -0.120. The van der Waals surface area contributed by atoms with Crippen molar-refractivity contribution in [3.63, 3.8) is 0 Å². The second kappa shape index (κ2) is 5.33. The molecule has 19 heavy (non-hydrogen) atoms. The number of nitrogens with one attached hydrogen (secondary N) is 2. The molecule has 3 heteroatoms. The second-order valence-corrected chi connectivity index (χ2v) is 6.02. The molecule has 1 fully saturated rings. The van der Waals surface area contributed by atoms with Gasteiger partial charge in [-0.3, -0.25) is 4.79 Å². The normalized spacial score (nSPS) is 25.9. The summed E-state index contributed by atoms with van der Waals surface area (Å²) in [5.74, 6) is 0.860. The molecule has 1 amide bonds. The van der Waals surface area contributed by atoms with Gasteiger partial charge in [0.05, 0.1) is 5.92 Å². The molecular formula is C16H22N2O. The lowest BCUT2D eigenvalue weighted by atomic mass is 9.91. The van der Waals surface area contributed by atoms with Crippen LogP contribution in [0.25, 0.3) is 0 Å². The molecule has 1 aliphatic heterocycles. The van der Waals surface area contributed by atoms with E-state index in [-0.39, 0.29) is 11.8 Å². The average molecular weight is 258 g/mol. The average Bonchev–Trinajstić information content (AvgIpc) is 2.86. The smallest absolute Gasteiger partial charge is 0.228 e. The third-order valence-electron chi connectivity index (χ3n) is 4.31. The van der Waals surface area contributed by atoms with Crippen molar-refractivity contribution in [3.8, 4) is 0 Å². The Morgan fingerprint density at radius 2 is 2.11 bits per heavy atom. The third-order valence-corrected chi connectivity index (χ3v) is 4.31. The number of benzene rings is 1. The van der Waals surface area contributed by atoms with E-state index in [1.165, 1.54) is 24.0 Å². The van der Waals surface area contributed by atoms with Gasteiger partial charge in [-0.25, -0.2) is 0 Å². The Kier molecular flexibility index (Phi) is 3.56. The highest BCUT2D eigenvalue weighted by Gasteiger charge is 2.25. The van der Waals surface area contributed by atoms with Crippen LogP contribution in [0, 0.1) is 11.8 Å². The van der Waals surface area contributed by atoms with E-state index in [0.29, 0.717) is 5.92 Å². The van der Waals surface area contributed by atoms with Crippen LogP contribution in [-0.4, -0.2) is 19.0 Å². The van der Waals surface area contributed by atoms with Gasteiger partial charge >= 0.3 is 0 Å². The molecule has 1 heterocycles. The van der Waals surface area contributed by atoms with Crippen molar-refractivity contribution in [2.45, 2.75) is 32.6 Å².